The van der Waals surface area contributed by atoms with Crippen LogP contribution >= 0.6 is 39.3 Å². The van der Waals surface area contributed by atoms with E-state index in [0.29, 0.717) is 16.5 Å². The van der Waals surface area contributed by atoms with Gasteiger partial charge < -0.3 is 4.98 Å². The molecule has 0 aliphatic heterocycles. The van der Waals surface area contributed by atoms with Crippen molar-refractivity contribution in [2.45, 2.75) is 10.9 Å². The minimum Gasteiger partial charge on any atom is -0.309 e. The standard InChI is InChI=1S/C16H10BrClN6O3S/c17-8-3-1-7(2-4-8)9-5-11-20-15(22-16(27)24(11)23-9)28-6-10-12(18)13(25)21-14(26)19-10/h1-5H,6H2,(H,20,22,27)(H2,19,21,25,26). The fourth-order valence-electron chi connectivity index (χ4n) is 2.47. The minimum atomic E-state index is -0.673. The molecule has 28 heavy (non-hydrogen) atoms. The van der Waals surface area contributed by atoms with E-state index in [-0.39, 0.29) is 16.5 Å². The van der Waals surface area contributed by atoms with Gasteiger partial charge in [-0.15, -0.1) is 0 Å². The van der Waals surface area contributed by atoms with Gasteiger partial charge in [-0.2, -0.15) is 9.61 Å². The van der Waals surface area contributed by atoms with E-state index in [4.69, 9.17) is 11.6 Å². The third kappa shape index (κ3) is 3.68. The number of nitrogens with zero attached hydrogens (tertiary/aromatic N) is 3. The first-order valence-corrected chi connectivity index (χ1v) is 9.96. The molecule has 0 radical (unpaired) electrons. The molecule has 0 atom stereocenters. The van der Waals surface area contributed by atoms with Crippen LogP contribution in [-0.4, -0.2) is 29.5 Å². The van der Waals surface area contributed by atoms with Crippen LogP contribution in [0.2, 0.25) is 5.02 Å². The van der Waals surface area contributed by atoms with Crippen LogP contribution in [0.25, 0.3) is 16.9 Å². The Balaban J connectivity index is 1.66. The number of hydrogen-bond donors (Lipinski definition) is 3. The molecular formula is C16H10BrClN6O3S. The topological polar surface area (TPSA) is 129 Å². The predicted octanol–water partition coefficient (Wildman–Crippen LogP) is 2.17. The summed E-state index contributed by atoms with van der Waals surface area (Å²) in [5, 5.41) is 4.47. The summed E-state index contributed by atoms with van der Waals surface area (Å²) in [5.74, 6) is 0.144. The van der Waals surface area contributed by atoms with Gasteiger partial charge >= 0.3 is 11.4 Å². The Kier molecular flexibility index (Phi) is 4.96. The van der Waals surface area contributed by atoms with Crippen LogP contribution in [0.5, 0.6) is 0 Å². The fourth-order valence-corrected chi connectivity index (χ4v) is 3.79. The van der Waals surface area contributed by atoms with E-state index >= 15 is 0 Å². The highest BCUT2D eigenvalue weighted by Gasteiger charge is 2.12. The van der Waals surface area contributed by atoms with E-state index in [1.54, 1.807) is 6.07 Å². The van der Waals surface area contributed by atoms with Gasteiger partial charge in [0.25, 0.3) is 5.56 Å². The summed E-state index contributed by atoms with van der Waals surface area (Å²) in [5.41, 5.74) is 0.275. The summed E-state index contributed by atoms with van der Waals surface area (Å²) in [6.07, 6.45) is 0. The number of aromatic amines is 3. The van der Waals surface area contributed by atoms with Crippen LogP contribution < -0.4 is 16.9 Å². The number of aromatic nitrogens is 6. The Labute approximate surface area is 173 Å². The van der Waals surface area contributed by atoms with Crippen molar-refractivity contribution in [1.82, 2.24) is 29.5 Å². The number of fused-ring (bicyclic) bond motifs is 1. The van der Waals surface area contributed by atoms with Crippen molar-refractivity contribution in [3.8, 4) is 11.3 Å². The minimum absolute atomic E-state index is 0.114. The zero-order valence-electron chi connectivity index (χ0n) is 13.8. The molecule has 3 N–H and O–H groups in total. The lowest BCUT2D eigenvalue weighted by Gasteiger charge is -2.03. The molecule has 0 bridgehead atoms. The average Bonchev–Trinajstić information content (AvgIpc) is 3.09. The molecule has 0 aliphatic carbocycles. The average molecular weight is 482 g/mol. The quantitative estimate of drug-likeness (QED) is 0.383. The van der Waals surface area contributed by atoms with Crippen molar-refractivity contribution in [2.75, 3.05) is 0 Å². The van der Waals surface area contributed by atoms with Gasteiger partial charge in [-0.25, -0.2) is 14.6 Å². The second-order valence-electron chi connectivity index (χ2n) is 5.64. The maximum absolute atomic E-state index is 12.3. The fraction of sp³-hybridized carbons (Fsp3) is 0.0625. The van der Waals surface area contributed by atoms with Gasteiger partial charge in [-0.3, -0.25) is 14.8 Å². The number of nitrogens with one attached hydrogen (secondary N) is 3. The molecule has 0 unspecified atom stereocenters. The molecule has 9 nitrogen and oxygen atoms in total. The van der Waals surface area contributed by atoms with Gasteiger partial charge in [0.2, 0.25) is 0 Å². The smallest absolute Gasteiger partial charge is 0.309 e. The monoisotopic (exact) mass is 480 g/mol. The zero-order chi connectivity index (χ0) is 19.8. The molecular weight excluding hydrogens is 472 g/mol. The third-order valence-electron chi connectivity index (χ3n) is 3.76. The number of rotatable bonds is 4. The van der Waals surface area contributed by atoms with E-state index < -0.39 is 16.9 Å². The summed E-state index contributed by atoms with van der Waals surface area (Å²) < 4.78 is 2.11. The largest absolute Gasteiger partial charge is 0.350 e. The van der Waals surface area contributed by atoms with Gasteiger partial charge in [0, 0.05) is 21.9 Å². The molecule has 0 spiro atoms. The van der Waals surface area contributed by atoms with E-state index in [1.165, 1.54) is 4.52 Å². The highest BCUT2D eigenvalue weighted by Crippen LogP contribution is 2.23. The van der Waals surface area contributed by atoms with E-state index in [2.05, 4.69) is 36.0 Å². The van der Waals surface area contributed by atoms with Crippen LogP contribution in [0.15, 0.2) is 54.3 Å². The van der Waals surface area contributed by atoms with Crippen molar-refractivity contribution < 1.29 is 0 Å². The van der Waals surface area contributed by atoms with E-state index in [0.717, 1.165) is 21.8 Å². The molecule has 142 valence electrons. The van der Waals surface area contributed by atoms with Crippen LogP contribution in [0.3, 0.4) is 0 Å². The zero-order valence-corrected chi connectivity index (χ0v) is 17.0. The van der Waals surface area contributed by atoms with Gasteiger partial charge in [0.05, 0.1) is 11.4 Å². The Hall–Kier alpha value is -2.63. The lowest BCUT2D eigenvalue weighted by Crippen LogP contribution is -2.24. The maximum Gasteiger partial charge on any atom is 0.350 e. The van der Waals surface area contributed by atoms with Crippen LogP contribution in [-0.2, 0) is 5.75 Å². The molecule has 0 amide bonds. The van der Waals surface area contributed by atoms with Crippen molar-refractivity contribution in [2.24, 2.45) is 0 Å². The number of hydrogen-bond acceptors (Lipinski definition) is 6. The summed E-state index contributed by atoms with van der Waals surface area (Å²) in [6, 6.07) is 9.21. The molecule has 1 aromatic carbocycles. The summed E-state index contributed by atoms with van der Waals surface area (Å²) in [6.45, 7) is 0. The maximum atomic E-state index is 12.3. The van der Waals surface area contributed by atoms with Crippen LogP contribution in [0, 0.1) is 0 Å². The van der Waals surface area contributed by atoms with Gasteiger partial charge in [-0.1, -0.05) is 51.4 Å². The van der Waals surface area contributed by atoms with E-state index in [1.807, 2.05) is 29.2 Å². The Morgan fingerprint density at radius 2 is 1.86 bits per heavy atom. The van der Waals surface area contributed by atoms with Crippen LogP contribution in [0.1, 0.15) is 5.69 Å². The van der Waals surface area contributed by atoms with Crippen molar-refractivity contribution >= 4 is 44.9 Å². The molecule has 0 saturated carbocycles. The molecule has 4 aromatic rings. The lowest BCUT2D eigenvalue weighted by atomic mass is 10.2. The van der Waals surface area contributed by atoms with Crippen molar-refractivity contribution in [3.63, 3.8) is 0 Å². The molecule has 0 fully saturated rings. The third-order valence-corrected chi connectivity index (χ3v) is 5.59. The Morgan fingerprint density at radius 3 is 2.61 bits per heavy atom. The number of H-pyrrole nitrogens is 3. The highest BCUT2D eigenvalue weighted by atomic mass is 79.9. The lowest BCUT2D eigenvalue weighted by molar-refractivity contribution is 0.788. The Morgan fingerprint density at radius 1 is 1.11 bits per heavy atom. The summed E-state index contributed by atoms with van der Waals surface area (Å²) in [7, 11) is 0. The first-order chi connectivity index (χ1) is 13.4. The van der Waals surface area contributed by atoms with Gasteiger partial charge in [-0.05, 0) is 12.1 Å². The first kappa shape index (κ1) is 18.7. The van der Waals surface area contributed by atoms with E-state index in [9.17, 15) is 14.4 Å². The summed E-state index contributed by atoms with van der Waals surface area (Å²) >= 11 is 10.4. The second kappa shape index (κ2) is 7.41. The SMILES string of the molecule is O=c1[nH]c(CSc2nc3cc(-c4ccc(Br)cc4)nn3c(=O)[nH]2)c(Cl)c(=O)[nH]1. The number of thioether (sulfide) groups is 1. The highest BCUT2D eigenvalue weighted by molar-refractivity contribution is 9.10. The number of benzene rings is 1. The number of halogens is 2. The first-order valence-electron chi connectivity index (χ1n) is 7.80. The molecule has 4 rings (SSSR count). The molecule has 0 aliphatic rings. The molecule has 0 saturated heterocycles. The molecule has 3 aromatic heterocycles. The van der Waals surface area contributed by atoms with Crippen LogP contribution in [0.4, 0.5) is 0 Å². The Bertz CT molecular complexity index is 1360. The van der Waals surface area contributed by atoms with Crippen molar-refractivity contribution in [1.29, 1.82) is 0 Å². The molecule has 12 heteroatoms. The summed E-state index contributed by atoms with van der Waals surface area (Å²) in [4.78, 5) is 46.8. The molecule has 3 heterocycles. The normalized spacial score (nSPS) is 11.2. The van der Waals surface area contributed by atoms with Crippen molar-refractivity contribution in [3.05, 3.63) is 76.8 Å². The van der Waals surface area contributed by atoms with Gasteiger partial charge in [0.1, 0.15) is 5.02 Å². The predicted molar refractivity (Wildman–Crippen MR) is 109 cm³/mol. The second-order valence-corrected chi connectivity index (χ2v) is 7.90. The van der Waals surface area contributed by atoms with Gasteiger partial charge in [0.15, 0.2) is 10.8 Å².